The largest absolute Gasteiger partial charge is 0.385 e. The molecule has 7 heteroatoms. The second-order valence-corrected chi connectivity index (χ2v) is 8.37. The molecule has 0 aliphatic carbocycles. The summed E-state index contributed by atoms with van der Waals surface area (Å²) in [6.45, 7) is 7.52. The molecule has 0 bridgehead atoms. The van der Waals surface area contributed by atoms with Crippen LogP contribution >= 0.6 is 12.4 Å². The van der Waals surface area contributed by atoms with E-state index < -0.39 is 0 Å². The molecule has 1 aliphatic heterocycles. The molecule has 0 spiro atoms. The predicted octanol–water partition coefficient (Wildman–Crippen LogP) is 3.89. The van der Waals surface area contributed by atoms with Crippen LogP contribution in [0.2, 0.25) is 0 Å². The number of carbonyl (C=O) groups is 1. The lowest BCUT2D eigenvalue weighted by atomic mass is 10.0. The number of amides is 1. The summed E-state index contributed by atoms with van der Waals surface area (Å²) >= 11 is 0. The highest BCUT2D eigenvalue weighted by Crippen LogP contribution is 2.28. The van der Waals surface area contributed by atoms with Crippen molar-refractivity contribution in [2.24, 2.45) is 0 Å². The molecule has 1 aromatic carbocycles. The van der Waals surface area contributed by atoms with Gasteiger partial charge in [-0.15, -0.1) is 12.4 Å². The number of piperidine rings is 1. The molecule has 0 saturated carbocycles. The number of unbranched alkanes of at least 4 members (excludes halogenated alkanes) is 1. The highest BCUT2D eigenvalue weighted by Gasteiger charge is 2.29. The Kier molecular flexibility index (Phi) is 9.83. The Morgan fingerprint density at radius 3 is 2.77 bits per heavy atom. The Morgan fingerprint density at radius 1 is 1.35 bits per heavy atom. The highest BCUT2D eigenvalue weighted by molar-refractivity contribution is 5.90. The lowest BCUT2D eigenvalue weighted by Crippen LogP contribution is -2.52. The number of methoxy groups -OCH3 is 1. The van der Waals surface area contributed by atoms with Gasteiger partial charge in [0, 0.05) is 55.5 Å². The smallest absolute Gasteiger partial charge is 0.229 e. The van der Waals surface area contributed by atoms with Gasteiger partial charge in [0.2, 0.25) is 5.91 Å². The molecule has 0 unspecified atom stereocenters. The van der Waals surface area contributed by atoms with Gasteiger partial charge in [-0.2, -0.15) is 5.26 Å². The van der Waals surface area contributed by atoms with Gasteiger partial charge in [-0.05, 0) is 52.1 Å². The van der Waals surface area contributed by atoms with Crippen LogP contribution in [0.4, 0.5) is 0 Å². The van der Waals surface area contributed by atoms with Crippen LogP contribution in [0.1, 0.15) is 50.8 Å². The molecule has 3 rings (SSSR count). The summed E-state index contributed by atoms with van der Waals surface area (Å²) in [5, 5.41) is 14.3. The van der Waals surface area contributed by atoms with Gasteiger partial charge in [0.05, 0.1) is 12.0 Å². The maximum atomic E-state index is 13.5. The third-order valence-electron chi connectivity index (χ3n) is 6.00. The Morgan fingerprint density at radius 2 is 2.13 bits per heavy atom. The molecule has 31 heavy (non-hydrogen) atoms. The van der Waals surface area contributed by atoms with Crippen LogP contribution in [0.5, 0.6) is 0 Å². The lowest BCUT2D eigenvalue weighted by molar-refractivity contribution is -0.135. The minimum Gasteiger partial charge on any atom is -0.385 e. The third kappa shape index (κ3) is 5.79. The van der Waals surface area contributed by atoms with E-state index in [-0.39, 0.29) is 36.8 Å². The zero-order valence-electron chi connectivity index (χ0n) is 18.9. The fraction of sp³-hybridized carbons (Fsp3) is 0.583. The Hall–Kier alpha value is -2.07. The van der Waals surface area contributed by atoms with Crippen LogP contribution in [0.25, 0.3) is 10.9 Å². The molecule has 1 N–H and O–H groups in total. The van der Waals surface area contributed by atoms with E-state index in [4.69, 9.17) is 4.74 Å². The SMILES string of the molecule is COCCCCn1c(CC(=O)N(C(C)C)[C@@H]2CCCNC2)c(C#N)c2ccccc21.Cl. The fourth-order valence-corrected chi connectivity index (χ4v) is 4.66. The minimum absolute atomic E-state index is 0. The van der Waals surface area contributed by atoms with E-state index in [2.05, 4.69) is 29.8 Å². The number of nitrogens with zero attached hydrogens (tertiary/aromatic N) is 3. The first-order valence-corrected chi connectivity index (χ1v) is 11.1. The Balaban J connectivity index is 0.00000341. The summed E-state index contributed by atoms with van der Waals surface area (Å²) in [6, 6.07) is 10.7. The molecule has 1 aliphatic rings. The molecular formula is C24H35ClN4O2. The van der Waals surface area contributed by atoms with E-state index in [1.165, 1.54) is 0 Å². The number of aromatic nitrogens is 1. The molecule has 1 fully saturated rings. The van der Waals surface area contributed by atoms with Crippen molar-refractivity contribution in [2.75, 3.05) is 26.8 Å². The summed E-state index contributed by atoms with van der Waals surface area (Å²) in [5.41, 5.74) is 2.51. The number of hydrogen-bond acceptors (Lipinski definition) is 4. The first-order valence-electron chi connectivity index (χ1n) is 11.1. The first kappa shape index (κ1) is 25.2. The average molecular weight is 447 g/mol. The van der Waals surface area contributed by atoms with Crippen molar-refractivity contribution in [3.05, 3.63) is 35.5 Å². The van der Waals surface area contributed by atoms with Crippen molar-refractivity contribution in [1.82, 2.24) is 14.8 Å². The number of nitrogens with one attached hydrogen (secondary N) is 1. The summed E-state index contributed by atoms with van der Waals surface area (Å²) in [4.78, 5) is 15.5. The number of fused-ring (bicyclic) bond motifs is 1. The number of aryl methyl sites for hydroxylation is 1. The summed E-state index contributed by atoms with van der Waals surface area (Å²) < 4.78 is 7.36. The number of halogens is 1. The van der Waals surface area contributed by atoms with Crippen LogP contribution < -0.4 is 5.32 Å². The summed E-state index contributed by atoms with van der Waals surface area (Å²) in [5.74, 6) is 0.108. The molecule has 170 valence electrons. The number of hydrogen-bond donors (Lipinski definition) is 1. The highest BCUT2D eigenvalue weighted by atomic mass is 35.5. The number of rotatable bonds is 9. The van der Waals surface area contributed by atoms with Crippen LogP contribution in [0.15, 0.2) is 24.3 Å². The number of para-hydroxylation sites is 1. The zero-order chi connectivity index (χ0) is 21.5. The zero-order valence-corrected chi connectivity index (χ0v) is 19.7. The van der Waals surface area contributed by atoms with Gasteiger partial charge in [0.25, 0.3) is 0 Å². The molecule has 2 aromatic rings. The number of nitriles is 1. The molecule has 1 saturated heterocycles. The summed E-state index contributed by atoms with van der Waals surface area (Å²) in [7, 11) is 1.71. The molecule has 1 amide bonds. The van der Waals surface area contributed by atoms with E-state index in [9.17, 15) is 10.1 Å². The summed E-state index contributed by atoms with van der Waals surface area (Å²) in [6.07, 6.45) is 4.27. The first-order chi connectivity index (χ1) is 14.6. The van der Waals surface area contributed by atoms with Crippen molar-refractivity contribution < 1.29 is 9.53 Å². The maximum Gasteiger partial charge on any atom is 0.229 e. The van der Waals surface area contributed by atoms with E-state index in [0.717, 1.165) is 61.9 Å². The van der Waals surface area contributed by atoms with Gasteiger partial charge in [0.1, 0.15) is 6.07 Å². The normalized spacial score (nSPS) is 16.2. The second-order valence-electron chi connectivity index (χ2n) is 8.37. The molecule has 1 aromatic heterocycles. The van der Waals surface area contributed by atoms with Crippen molar-refractivity contribution in [3.63, 3.8) is 0 Å². The lowest BCUT2D eigenvalue weighted by Gasteiger charge is -2.37. The van der Waals surface area contributed by atoms with Crippen LogP contribution in [0, 0.1) is 11.3 Å². The number of benzene rings is 1. The minimum atomic E-state index is 0. The average Bonchev–Trinajstić information content (AvgIpc) is 3.04. The van der Waals surface area contributed by atoms with E-state index in [0.29, 0.717) is 12.2 Å². The van der Waals surface area contributed by atoms with E-state index in [1.807, 2.05) is 29.2 Å². The fourth-order valence-electron chi connectivity index (χ4n) is 4.66. The van der Waals surface area contributed by atoms with Crippen molar-refractivity contribution >= 4 is 29.2 Å². The second kappa shape index (κ2) is 12.1. The van der Waals surface area contributed by atoms with Gasteiger partial charge in [-0.3, -0.25) is 4.79 Å². The van der Waals surface area contributed by atoms with Crippen LogP contribution in [-0.4, -0.2) is 54.3 Å². The maximum absolute atomic E-state index is 13.5. The van der Waals surface area contributed by atoms with E-state index >= 15 is 0 Å². The number of carbonyl (C=O) groups excluding carboxylic acids is 1. The van der Waals surface area contributed by atoms with Gasteiger partial charge >= 0.3 is 0 Å². The van der Waals surface area contributed by atoms with Crippen LogP contribution in [0.3, 0.4) is 0 Å². The molecule has 6 nitrogen and oxygen atoms in total. The number of ether oxygens (including phenoxy) is 1. The molecule has 1 atom stereocenters. The monoisotopic (exact) mass is 446 g/mol. The Bertz CT molecular complexity index is 897. The van der Waals surface area contributed by atoms with Gasteiger partial charge < -0.3 is 19.5 Å². The Labute approximate surface area is 191 Å². The topological polar surface area (TPSA) is 70.3 Å². The van der Waals surface area contributed by atoms with Crippen molar-refractivity contribution in [3.8, 4) is 6.07 Å². The molecular weight excluding hydrogens is 412 g/mol. The predicted molar refractivity (Wildman–Crippen MR) is 127 cm³/mol. The van der Waals surface area contributed by atoms with Gasteiger partial charge in [-0.25, -0.2) is 0 Å². The third-order valence-corrected chi connectivity index (χ3v) is 6.00. The van der Waals surface area contributed by atoms with Crippen LogP contribution in [-0.2, 0) is 22.5 Å². The molecule has 0 radical (unpaired) electrons. The quantitative estimate of drug-likeness (QED) is 0.593. The molecule has 2 heterocycles. The van der Waals surface area contributed by atoms with Crippen molar-refractivity contribution in [1.29, 1.82) is 5.26 Å². The van der Waals surface area contributed by atoms with Gasteiger partial charge in [0.15, 0.2) is 0 Å². The van der Waals surface area contributed by atoms with E-state index in [1.54, 1.807) is 7.11 Å². The standard InChI is InChI=1S/C24H34N4O2.ClH/c1-18(2)28(19-9-8-12-26-17-19)24(29)15-23-21(16-25)20-10-4-5-11-22(20)27(23)13-6-7-14-30-3;/h4-5,10-11,18-19,26H,6-9,12-15,17H2,1-3H3;1H/t19-;/m1./s1. The van der Waals surface area contributed by atoms with Crippen molar-refractivity contribution in [2.45, 2.75) is 64.6 Å². The van der Waals surface area contributed by atoms with Gasteiger partial charge in [-0.1, -0.05) is 18.2 Å².